The van der Waals surface area contributed by atoms with Gasteiger partial charge in [0, 0.05) is 24.7 Å². The fourth-order valence-electron chi connectivity index (χ4n) is 3.19. The van der Waals surface area contributed by atoms with Gasteiger partial charge in [-0.05, 0) is 55.3 Å². The van der Waals surface area contributed by atoms with Gasteiger partial charge in [-0.15, -0.1) is 0 Å². The van der Waals surface area contributed by atoms with E-state index in [4.69, 9.17) is 9.47 Å². The van der Waals surface area contributed by atoms with Crippen molar-refractivity contribution in [1.29, 1.82) is 0 Å². The lowest BCUT2D eigenvalue weighted by Gasteiger charge is -2.21. The molecule has 0 saturated heterocycles. The molecule has 2 aromatic rings. The molecular weight excluding hydrogens is 441 g/mol. The van der Waals surface area contributed by atoms with Crippen LogP contribution in [-0.4, -0.2) is 39.6 Å². The summed E-state index contributed by atoms with van der Waals surface area (Å²) in [6.45, 7) is 3.25. The first-order valence-electron chi connectivity index (χ1n) is 9.85. The largest absolute Gasteiger partial charge is 0.467 e. The van der Waals surface area contributed by atoms with Gasteiger partial charge < -0.3 is 20.1 Å². The molecule has 11 heteroatoms. The molecule has 0 fully saturated rings. The number of amides is 2. The van der Waals surface area contributed by atoms with Crippen molar-refractivity contribution >= 4 is 27.5 Å². The van der Waals surface area contributed by atoms with Gasteiger partial charge in [0.1, 0.15) is 11.6 Å². The predicted octanol–water partition coefficient (Wildman–Crippen LogP) is 1.68. The monoisotopic (exact) mass is 465 g/mol. The smallest absolute Gasteiger partial charge is 0.241 e. The Morgan fingerprint density at radius 3 is 2.59 bits per heavy atom. The summed E-state index contributed by atoms with van der Waals surface area (Å²) in [6.07, 6.45) is 0.302. The number of anilines is 1. The lowest BCUT2D eigenvalue weighted by molar-refractivity contribution is -0.122. The van der Waals surface area contributed by atoms with Crippen molar-refractivity contribution in [2.45, 2.75) is 37.8 Å². The summed E-state index contributed by atoms with van der Waals surface area (Å²) >= 11 is 0. The van der Waals surface area contributed by atoms with E-state index in [0.717, 1.165) is 0 Å². The maximum atomic E-state index is 13.8. The van der Waals surface area contributed by atoms with Crippen molar-refractivity contribution < 1.29 is 31.9 Å². The molecule has 1 heterocycles. The number of nitrogens with one attached hydrogen (secondary N) is 3. The van der Waals surface area contributed by atoms with E-state index in [1.807, 2.05) is 0 Å². The van der Waals surface area contributed by atoms with Crippen LogP contribution in [0.15, 0.2) is 41.3 Å². The lowest BCUT2D eigenvalue weighted by Crippen LogP contribution is -2.45. The number of benzene rings is 2. The van der Waals surface area contributed by atoms with E-state index >= 15 is 0 Å². The van der Waals surface area contributed by atoms with Crippen LogP contribution in [0.4, 0.5) is 10.1 Å². The maximum absolute atomic E-state index is 13.8. The molecule has 2 amide bonds. The van der Waals surface area contributed by atoms with Crippen molar-refractivity contribution in [2.75, 3.05) is 18.7 Å². The van der Waals surface area contributed by atoms with Gasteiger partial charge in [-0.25, -0.2) is 12.8 Å². The minimum Gasteiger partial charge on any atom is -0.467 e. The quantitative estimate of drug-likeness (QED) is 0.545. The van der Waals surface area contributed by atoms with E-state index < -0.39 is 27.8 Å². The minimum atomic E-state index is -3.95. The van der Waals surface area contributed by atoms with E-state index in [0.29, 0.717) is 29.0 Å². The second-order valence-corrected chi connectivity index (χ2v) is 8.97. The maximum Gasteiger partial charge on any atom is 0.241 e. The third-order valence-corrected chi connectivity index (χ3v) is 6.21. The summed E-state index contributed by atoms with van der Waals surface area (Å²) in [5, 5.41) is 5.18. The van der Waals surface area contributed by atoms with E-state index in [9.17, 15) is 22.4 Å². The van der Waals surface area contributed by atoms with E-state index in [1.165, 1.54) is 50.2 Å². The van der Waals surface area contributed by atoms with Crippen LogP contribution in [0.1, 0.15) is 25.0 Å². The van der Waals surface area contributed by atoms with Crippen LogP contribution in [0.3, 0.4) is 0 Å². The van der Waals surface area contributed by atoms with E-state index in [-0.39, 0.29) is 30.7 Å². The van der Waals surface area contributed by atoms with E-state index in [2.05, 4.69) is 15.4 Å². The zero-order valence-electron chi connectivity index (χ0n) is 17.6. The molecule has 0 bridgehead atoms. The van der Waals surface area contributed by atoms with Gasteiger partial charge >= 0.3 is 0 Å². The first kappa shape index (κ1) is 23.6. The van der Waals surface area contributed by atoms with Gasteiger partial charge in [0.15, 0.2) is 6.79 Å². The van der Waals surface area contributed by atoms with Gasteiger partial charge in [0.05, 0.1) is 17.5 Å². The van der Waals surface area contributed by atoms with Crippen molar-refractivity contribution in [1.82, 2.24) is 10.0 Å². The number of hydrogen-bond acceptors (Lipinski definition) is 6. The third kappa shape index (κ3) is 6.02. The topological polar surface area (TPSA) is 123 Å². The van der Waals surface area contributed by atoms with Crippen molar-refractivity contribution in [3.63, 3.8) is 0 Å². The molecule has 0 spiro atoms. The molecule has 3 N–H and O–H groups in total. The average molecular weight is 466 g/mol. The molecule has 1 aliphatic rings. The Morgan fingerprint density at radius 1 is 1.19 bits per heavy atom. The fraction of sp³-hybridized carbons (Fsp3) is 0.333. The van der Waals surface area contributed by atoms with Gasteiger partial charge in [-0.1, -0.05) is 0 Å². The predicted molar refractivity (Wildman–Crippen MR) is 114 cm³/mol. The molecule has 0 aliphatic carbocycles. The molecule has 3 rings (SSSR count). The molecule has 0 aromatic heterocycles. The van der Waals surface area contributed by atoms with Crippen LogP contribution < -0.4 is 20.1 Å². The summed E-state index contributed by atoms with van der Waals surface area (Å²) in [5.74, 6) is -0.686. The summed E-state index contributed by atoms with van der Waals surface area (Å²) in [6, 6.07) is 7.20. The Morgan fingerprint density at radius 2 is 1.91 bits per heavy atom. The second kappa shape index (κ2) is 10.1. The molecule has 0 saturated carbocycles. The second-order valence-electron chi connectivity index (χ2n) is 7.25. The average Bonchev–Trinajstić information content (AvgIpc) is 2.73. The molecule has 1 atom stereocenters. The highest BCUT2D eigenvalue weighted by Crippen LogP contribution is 2.29. The van der Waals surface area contributed by atoms with Gasteiger partial charge in [-0.3, -0.25) is 9.59 Å². The molecule has 0 unspecified atom stereocenters. The van der Waals surface area contributed by atoms with Crippen LogP contribution in [0.2, 0.25) is 0 Å². The van der Waals surface area contributed by atoms with E-state index in [1.54, 1.807) is 0 Å². The van der Waals surface area contributed by atoms with Gasteiger partial charge in [0.2, 0.25) is 21.8 Å². The Hall–Kier alpha value is -3.02. The lowest BCUT2D eigenvalue weighted by atomic mass is 10.1. The molecule has 9 nitrogen and oxygen atoms in total. The zero-order valence-corrected chi connectivity index (χ0v) is 18.4. The van der Waals surface area contributed by atoms with Crippen molar-refractivity contribution in [3.05, 3.63) is 53.3 Å². The molecular formula is C21H24FN3O6S. The fourth-order valence-corrected chi connectivity index (χ4v) is 4.39. The number of fused-ring (bicyclic) bond motifs is 1. The molecule has 32 heavy (non-hydrogen) atoms. The zero-order chi connectivity index (χ0) is 23.3. The first-order valence-corrected chi connectivity index (χ1v) is 11.3. The minimum absolute atomic E-state index is 0.0444. The highest BCUT2D eigenvalue weighted by Gasteiger charge is 2.22. The number of carbonyl (C=O) groups excluding carboxylic acids is 2. The molecule has 1 aliphatic heterocycles. The Labute approximate surface area is 185 Å². The van der Waals surface area contributed by atoms with Crippen LogP contribution in [0.25, 0.3) is 0 Å². The third-order valence-electron chi connectivity index (χ3n) is 4.66. The standard InChI is InChI=1S/C21H24FN3O6S/c1-13(25-32(28,29)19-5-3-18(4-6-19)24-14(2)26)21(27)23-8-7-15-9-17(22)10-16-11-30-12-31-20(15)16/h3-6,9-10,13,25H,7-8,11-12H2,1-2H3,(H,23,27)(H,24,26)/t13-/m0/s1. The molecule has 2 aromatic carbocycles. The SMILES string of the molecule is CC(=O)Nc1ccc(S(=O)(=O)N[C@@H](C)C(=O)NCCc2cc(F)cc3c2OCOC3)cc1. The number of rotatable bonds is 8. The molecule has 172 valence electrons. The first-order chi connectivity index (χ1) is 15.2. The number of ether oxygens (including phenoxy) is 2. The summed E-state index contributed by atoms with van der Waals surface area (Å²) in [4.78, 5) is 23.4. The number of sulfonamides is 1. The Kier molecular flexibility index (Phi) is 7.44. The normalized spacial score (nSPS) is 14.1. The highest BCUT2D eigenvalue weighted by molar-refractivity contribution is 7.89. The summed E-state index contributed by atoms with van der Waals surface area (Å²) in [5.41, 5.74) is 1.65. The van der Waals surface area contributed by atoms with Gasteiger partial charge in [0.25, 0.3) is 0 Å². The number of hydrogen-bond donors (Lipinski definition) is 3. The number of halogens is 1. The number of carbonyl (C=O) groups is 2. The van der Waals surface area contributed by atoms with Crippen molar-refractivity contribution in [2.24, 2.45) is 0 Å². The summed E-state index contributed by atoms with van der Waals surface area (Å²) < 4.78 is 51.8. The van der Waals surface area contributed by atoms with Crippen molar-refractivity contribution in [3.8, 4) is 5.75 Å². The van der Waals surface area contributed by atoms with Crippen LogP contribution in [-0.2, 0) is 37.4 Å². The molecule has 0 radical (unpaired) electrons. The Balaban J connectivity index is 1.56. The van der Waals surface area contributed by atoms with Gasteiger partial charge in [-0.2, -0.15) is 4.72 Å². The van der Waals surface area contributed by atoms with Crippen LogP contribution in [0, 0.1) is 5.82 Å². The van der Waals surface area contributed by atoms with Crippen LogP contribution >= 0.6 is 0 Å². The highest BCUT2D eigenvalue weighted by atomic mass is 32.2. The summed E-state index contributed by atoms with van der Waals surface area (Å²) in [7, 11) is -3.95. The Bertz CT molecular complexity index is 1110. The van der Waals surface area contributed by atoms with Crippen LogP contribution in [0.5, 0.6) is 5.75 Å².